The molecule has 4 aliphatic carbocycles. The van der Waals surface area contributed by atoms with E-state index in [9.17, 15) is 0 Å². The van der Waals surface area contributed by atoms with Gasteiger partial charge in [0.15, 0.2) is 0 Å². The van der Waals surface area contributed by atoms with Gasteiger partial charge in [-0.2, -0.15) is 0 Å². The van der Waals surface area contributed by atoms with Crippen molar-refractivity contribution in [2.75, 3.05) is 7.05 Å². The van der Waals surface area contributed by atoms with E-state index in [-0.39, 0.29) is 14.9 Å². The molecule has 33 heavy (non-hydrogen) atoms. The van der Waals surface area contributed by atoms with Crippen LogP contribution in [0.5, 0.6) is 0 Å². The molecule has 2 aliphatic heterocycles. The molecule has 2 saturated heterocycles. The van der Waals surface area contributed by atoms with Gasteiger partial charge in [0.2, 0.25) is 0 Å². The van der Waals surface area contributed by atoms with E-state index in [2.05, 4.69) is 18.9 Å². The molecule has 0 amide bonds. The molecule has 8 atom stereocenters. The summed E-state index contributed by atoms with van der Waals surface area (Å²) < 4.78 is 0. The first-order valence-electron chi connectivity index (χ1n) is 13.8. The molecule has 0 spiro atoms. The number of fused-ring (bicyclic) bond motifs is 5. The van der Waals surface area contributed by atoms with Crippen molar-refractivity contribution >= 4 is 25.1 Å². The first kappa shape index (κ1) is 29.2. The normalized spacial score (nSPS) is 43.8. The van der Waals surface area contributed by atoms with Gasteiger partial charge in [0.1, 0.15) is 0 Å². The van der Waals surface area contributed by atoms with Crippen LogP contribution in [0.1, 0.15) is 90.4 Å². The Morgan fingerprint density at radius 2 is 1.33 bits per heavy atom. The molecule has 4 saturated carbocycles. The van der Waals surface area contributed by atoms with Crippen LogP contribution in [-0.4, -0.2) is 32.1 Å². The van der Waals surface area contributed by atoms with E-state index in [1.807, 2.05) is 0 Å². The molecule has 0 bridgehead atoms. The Labute approximate surface area is 226 Å². The fourth-order valence-corrected chi connectivity index (χ4v) is 19.0. The summed E-state index contributed by atoms with van der Waals surface area (Å²) in [5.74, 6) is 5.48. The second-order valence-corrected chi connectivity index (χ2v) is 21.2. The van der Waals surface area contributed by atoms with Gasteiger partial charge in [-0.05, 0) is 73.4 Å². The van der Waals surface area contributed by atoms with Gasteiger partial charge in [0.25, 0.3) is 0 Å². The van der Waals surface area contributed by atoms with Crippen LogP contribution in [-0.2, 0) is 20.8 Å². The topological polar surface area (TPSA) is 3.24 Å². The summed E-state index contributed by atoms with van der Waals surface area (Å²) in [5, 5.41) is 0. The third-order valence-corrected chi connectivity index (χ3v) is 18.5. The molecule has 8 unspecified atom stereocenters. The van der Waals surface area contributed by atoms with E-state index in [1.54, 1.807) is 82.7 Å². The summed E-state index contributed by atoms with van der Waals surface area (Å²) >= 11 is -0.826. The van der Waals surface area contributed by atoms with Gasteiger partial charge in [0.05, 0.1) is 8.07 Å². The van der Waals surface area contributed by atoms with Gasteiger partial charge < -0.3 is 14.9 Å². The van der Waals surface area contributed by atoms with Crippen molar-refractivity contribution in [2.24, 2.45) is 29.6 Å². The molecule has 6 fully saturated rings. The third-order valence-electron chi connectivity index (χ3n) is 11.6. The van der Waals surface area contributed by atoms with Crippen molar-refractivity contribution in [1.82, 2.24) is 4.90 Å². The second kappa shape index (κ2) is 12.5. The van der Waals surface area contributed by atoms with Crippen molar-refractivity contribution in [1.29, 1.82) is 0 Å². The average molecular weight is 592 g/mol. The molecule has 0 aromatic carbocycles. The first-order chi connectivity index (χ1) is 15.1. The monoisotopic (exact) mass is 589 g/mol. The third kappa shape index (κ3) is 5.05. The van der Waals surface area contributed by atoms with E-state index in [0.717, 1.165) is 41.7 Å². The van der Waals surface area contributed by atoms with Crippen LogP contribution < -0.4 is 0 Å². The Kier molecular flexibility index (Phi) is 11.0. The van der Waals surface area contributed by atoms with Crippen LogP contribution in [0, 0.1) is 44.4 Å². The van der Waals surface area contributed by atoms with Crippen molar-refractivity contribution < 1.29 is 20.8 Å². The predicted octanol–water partition coefficient (Wildman–Crippen LogP) is 9.38. The summed E-state index contributed by atoms with van der Waals surface area (Å²) in [6.45, 7) is 2.58. The Balaban J connectivity index is 0.000000583. The van der Waals surface area contributed by atoms with Gasteiger partial charge >= 0.3 is 37.9 Å². The van der Waals surface area contributed by atoms with E-state index >= 15 is 0 Å². The van der Waals surface area contributed by atoms with E-state index < -0.39 is 28.9 Å². The minimum atomic E-state index is -1.11. The quantitative estimate of drug-likeness (QED) is 0.228. The second-order valence-electron chi connectivity index (χ2n) is 12.5. The fourth-order valence-electron chi connectivity index (χ4n) is 10.8. The number of likely N-dealkylation sites (tertiary alicyclic amines) is 1. The number of nitrogens with zero attached hydrogens (tertiary/aromatic N) is 1. The summed E-state index contributed by atoms with van der Waals surface area (Å²) in [5.41, 5.74) is 2.49. The molecule has 6 aliphatic rings. The van der Waals surface area contributed by atoms with Crippen LogP contribution >= 0.6 is 17.0 Å². The van der Waals surface area contributed by atoms with Crippen molar-refractivity contribution in [3.63, 3.8) is 0 Å². The van der Waals surface area contributed by atoms with Crippen LogP contribution in [0.15, 0.2) is 0 Å². The SMILES string of the molecule is CC1CCC2C(C1)C1C(C3CCCCC3C1[Si]1(C3CCCC3)CCCC1)N2C.[CH3-].[CH3-].[Cl][Zr+2][Cl]. The summed E-state index contributed by atoms with van der Waals surface area (Å²) in [7, 11) is 11.3. The Hall–Kier alpha value is 1.64. The van der Waals surface area contributed by atoms with Gasteiger partial charge in [-0.1, -0.05) is 76.8 Å². The Morgan fingerprint density at radius 1 is 0.758 bits per heavy atom. The number of rotatable bonds is 2. The van der Waals surface area contributed by atoms with Crippen molar-refractivity contribution in [2.45, 2.75) is 126 Å². The van der Waals surface area contributed by atoms with Crippen LogP contribution in [0.25, 0.3) is 0 Å². The Bertz CT molecular complexity index is 609. The summed E-state index contributed by atoms with van der Waals surface area (Å²) in [6.07, 6.45) is 20.7. The summed E-state index contributed by atoms with van der Waals surface area (Å²) in [6, 6.07) is 5.48. The molecule has 2 heterocycles. The Morgan fingerprint density at radius 3 is 1.97 bits per heavy atom. The number of hydrogen-bond acceptors (Lipinski definition) is 1. The van der Waals surface area contributed by atoms with Gasteiger partial charge in [-0.15, -0.1) is 0 Å². The molecule has 0 radical (unpaired) electrons. The molecule has 0 aromatic rings. The van der Waals surface area contributed by atoms with Crippen LogP contribution in [0.4, 0.5) is 0 Å². The molecule has 1 nitrogen and oxygen atoms in total. The van der Waals surface area contributed by atoms with E-state index in [1.165, 1.54) is 23.9 Å². The van der Waals surface area contributed by atoms with Crippen molar-refractivity contribution in [3.8, 4) is 0 Å². The maximum absolute atomic E-state index is 4.93. The van der Waals surface area contributed by atoms with Gasteiger partial charge in [-0.3, -0.25) is 4.90 Å². The zero-order valence-electron chi connectivity index (χ0n) is 22.0. The predicted molar refractivity (Wildman–Crippen MR) is 146 cm³/mol. The number of halogens is 2. The average Bonchev–Trinajstić information content (AvgIpc) is 3.54. The molecule has 5 heteroatoms. The van der Waals surface area contributed by atoms with Crippen LogP contribution in [0.2, 0.25) is 23.2 Å². The standard InChI is InChI=1S/C26H45NSi.2CH3.2ClH.Zr/c1-18-13-14-23-22(17-18)24-25(27(23)2)20-11-5-6-12-21(20)26(24)28(15-7-8-16-28)19-9-3-4-10-19;;;;;/h18-26H,3-17H2,1-2H3;2*1H3;2*1H;/q;2*-1;;;+4/p-2. The maximum atomic E-state index is 4.93. The minimum absolute atomic E-state index is 0. The van der Waals surface area contributed by atoms with Crippen LogP contribution in [0.3, 0.4) is 0 Å². The first-order valence-corrected chi connectivity index (χ1v) is 22.7. The molecular formula is C28H51Cl2NSiZr. The number of hydrogen-bond donors (Lipinski definition) is 0. The zero-order valence-corrected chi connectivity index (χ0v) is 27.0. The zero-order chi connectivity index (χ0) is 21.6. The van der Waals surface area contributed by atoms with Gasteiger partial charge in [-0.25, -0.2) is 0 Å². The van der Waals surface area contributed by atoms with E-state index in [0.29, 0.717) is 0 Å². The van der Waals surface area contributed by atoms with Crippen molar-refractivity contribution in [3.05, 3.63) is 14.9 Å². The van der Waals surface area contributed by atoms with Gasteiger partial charge in [0, 0.05) is 12.1 Å². The molecule has 190 valence electrons. The fraction of sp³-hybridized carbons (Fsp3) is 0.929. The molecule has 0 aromatic heterocycles. The molecular weight excluding hydrogens is 541 g/mol. The summed E-state index contributed by atoms with van der Waals surface area (Å²) in [4.78, 5) is 3.02. The van der Waals surface area contributed by atoms with E-state index in [4.69, 9.17) is 17.0 Å². The molecule has 0 N–H and O–H groups in total. The molecule has 6 rings (SSSR count).